The molecule has 0 saturated heterocycles. The molecule has 0 bridgehead atoms. The van der Waals surface area contributed by atoms with Crippen LogP contribution < -0.4 is 0 Å². The largest absolute Gasteiger partial charge is 0.323 e. The first-order valence-electron chi connectivity index (χ1n) is 11.9. The Hall–Kier alpha value is -1.41. The first kappa shape index (κ1) is 32.3. The van der Waals surface area contributed by atoms with Gasteiger partial charge in [0, 0.05) is 5.56 Å². The molecular formula is C27H52NO+. The van der Waals surface area contributed by atoms with E-state index in [0.717, 1.165) is 34.6 Å². The molecular weight excluding hydrogens is 354 g/mol. The van der Waals surface area contributed by atoms with Crippen molar-refractivity contribution < 1.29 is 9.28 Å². The Bertz CT molecular complexity index is 545. The zero-order chi connectivity index (χ0) is 23.5. The molecule has 0 spiro atoms. The Morgan fingerprint density at radius 1 is 1.00 bits per heavy atom. The molecule has 170 valence electrons. The highest BCUT2D eigenvalue weighted by Crippen LogP contribution is 2.17. The fourth-order valence-corrected chi connectivity index (χ4v) is 2.72. The minimum Gasteiger partial charge on any atom is -0.323 e. The number of allylic oxidation sites excluding steroid dienone is 1. The molecule has 0 heterocycles. The molecule has 1 atom stereocenters. The molecule has 0 aliphatic heterocycles. The van der Waals surface area contributed by atoms with Crippen molar-refractivity contribution >= 4 is 11.4 Å². The Balaban J connectivity index is -0.00000103. The summed E-state index contributed by atoms with van der Waals surface area (Å²) in [6.45, 7) is 26.1. The second kappa shape index (κ2) is 19.9. The lowest BCUT2D eigenvalue weighted by Crippen LogP contribution is -2.44. The SMILES string of the molecule is CC.CC.CC.CC[N+](C)(C/C=C(\C)c1cccc(C(C)=O)c1)CCCC(C)C. The standard InChI is InChI=1S/C21H34NO.3C2H6/c1-7-22(6,14-9-10-17(2)3)15-13-18(4)20-11-8-12-21(16-20)19(5)23;3*1-2/h8,11-13,16-17H,7,9-10,14-15H2,1-6H3;3*1-2H3/q+1;;;/b18-13+;;;. The van der Waals surface area contributed by atoms with Crippen LogP contribution >= 0.6 is 0 Å². The van der Waals surface area contributed by atoms with E-state index in [1.807, 2.05) is 59.7 Å². The summed E-state index contributed by atoms with van der Waals surface area (Å²) in [4.78, 5) is 11.5. The van der Waals surface area contributed by atoms with Crippen LogP contribution in [0.15, 0.2) is 30.3 Å². The Morgan fingerprint density at radius 2 is 1.52 bits per heavy atom. The van der Waals surface area contributed by atoms with E-state index in [-0.39, 0.29) is 5.78 Å². The first-order chi connectivity index (χ1) is 13.8. The number of likely N-dealkylation sites (N-methyl/N-ethyl adjacent to an activating group) is 1. The van der Waals surface area contributed by atoms with E-state index in [1.165, 1.54) is 25.0 Å². The molecule has 2 nitrogen and oxygen atoms in total. The van der Waals surface area contributed by atoms with E-state index in [2.05, 4.69) is 46.9 Å². The zero-order valence-corrected chi connectivity index (χ0v) is 21.9. The van der Waals surface area contributed by atoms with Crippen LogP contribution in [0, 0.1) is 5.92 Å². The van der Waals surface area contributed by atoms with Crippen molar-refractivity contribution in [1.82, 2.24) is 0 Å². The van der Waals surface area contributed by atoms with Crippen molar-refractivity contribution in [3.63, 3.8) is 0 Å². The van der Waals surface area contributed by atoms with Gasteiger partial charge in [-0.2, -0.15) is 0 Å². The highest BCUT2D eigenvalue weighted by molar-refractivity contribution is 5.94. The second-order valence-corrected chi connectivity index (χ2v) is 7.40. The number of benzene rings is 1. The third kappa shape index (κ3) is 15.1. The van der Waals surface area contributed by atoms with Crippen molar-refractivity contribution in [2.45, 2.75) is 89.0 Å². The maximum Gasteiger partial charge on any atom is 0.159 e. The Kier molecular flexibility index (Phi) is 22.1. The predicted molar refractivity (Wildman–Crippen MR) is 135 cm³/mol. The topological polar surface area (TPSA) is 17.1 Å². The van der Waals surface area contributed by atoms with Gasteiger partial charge in [0.15, 0.2) is 5.78 Å². The van der Waals surface area contributed by atoms with Gasteiger partial charge in [-0.15, -0.1) is 0 Å². The summed E-state index contributed by atoms with van der Waals surface area (Å²) in [5.41, 5.74) is 3.21. The third-order valence-corrected chi connectivity index (χ3v) is 4.81. The van der Waals surface area contributed by atoms with Crippen LogP contribution in [0.5, 0.6) is 0 Å². The number of quaternary nitrogens is 1. The molecule has 1 unspecified atom stereocenters. The molecule has 1 rings (SSSR count). The van der Waals surface area contributed by atoms with Crippen molar-refractivity contribution in [1.29, 1.82) is 0 Å². The van der Waals surface area contributed by atoms with Crippen molar-refractivity contribution in [2.24, 2.45) is 5.92 Å². The Labute approximate surface area is 184 Å². The van der Waals surface area contributed by atoms with Crippen LogP contribution in [-0.2, 0) is 0 Å². The lowest BCUT2D eigenvalue weighted by Gasteiger charge is -2.33. The van der Waals surface area contributed by atoms with Crippen molar-refractivity contribution in [2.75, 3.05) is 26.7 Å². The number of carbonyl (C=O) groups excluding carboxylic acids is 1. The van der Waals surface area contributed by atoms with Crippen molar-refractivity contribution in [3.8, 4) is 0 Å². The molecule has 0 N–H and O–H groups in total. The maximum absolute atomic E-state index is 11.5. The fourth-order valence-electron chi connectivity index (χ4n) is 2.72. The van der Waals surface area contributed by atoms with Crippen LogP contribution in [0.3, 0.4) is 0 Å². The predicted octanol–water partition coefficient (Wildman–Crippen LogP) is 8.27. The van der Waals surface area contributed by atoms with E-state index in [1.54, 1.807) is 6.92 Å². The van der Waals surface area contributed by atoms with E-state index in [9.17, 15) is 4.79 Å². The second-order valence-electron chi connectivity index (χ2n) is 7.40. The highest BCUT2D eigenvalue weighted by Gasteiger charge is 2.17. The van der Waals surface area contributed by atoms with Crippen LogP contribution in [0.2, 0.25) is 0 Å². The summed E-state index contributed by atoms with van der Waals surface area (Å²) in [6.07, 6.45) is 4.92. The van der Waals surface area contributed by atoms with Gasteiger partial charge in [0.1, 0.15) is 0 Å². The monoisotopic (exact) mass is 406 g/mol. The average Bonchev–Trinajstić information content (AvgIpc) is 2.76. The molecule has 0 aliphatic carbocycles. The summed E-state index contributed by atoms with van der Waals surface area (Å²) in [5, 5.41) is 0. The summed E-state index contributed by atoms with van der Waals surface area (Å²) in [7, 11) is 2.34. The van der Waals surface area contributed by atoms with Crippen LogP contribution in [0.1, 0.15) is 105 Å². The molecule has 0 amide bonds. The maximum atomic E-state index is 11.5. The lowest BCUT2D eigenvalue weighted by atomic mass is 10.0. The van der Waals surface area contributed by atoms with E-state index in [4.69, 9.17) is 0 Å². The van der Waals surface area contributed by atoms with Gasteiger partial charge in [0.2, 0.25) is 0 Å². The number of rotatable bonds is 9. The van der Waals surface area contributed by atoms with Crippen LogP contribution in [0.25, 0.3) is 5.57 Å². The van der Waals surface area contributed by atoms with E-state index >= 15 is 0 Å². The van der Waals surface area contributed by atoms with Gasteiger partial charge in [0.25, 0.3) is 0 Å². The first-order valence-corrected chi connectivity index (χ1v) is 11.9. The molecule has 0 saturated carbocycles. The molecule has 0 fully saturated rings. The molecule has 1 aromatic rings. The molecule has 1 aromatic carbocycles. The number of nitrogens with zero attached hydrogens (tertiary/aromatic N) is 1. The average molecular weight is 407 g/mol. The summed E-state index contributed by atoms with van der Waals surface area (Å²) in [5.74, 6) is 0.911. The molecule has 0 radical (unpaired) electrons. The number of hydrogen-bond donors (Lipinski definition) is 0. The summed E-state index contributed by atoms with van der Waals surface area (Å²) in [6, 6.07) is 7.95. The van der Waals surface area contributed by atoms with E-state index in [0.29, 0.717) is 0 Å². The van der Waals surface area contributed by atoms with Gasteiger partial charge < -0.3 is 4.48 Å². The number of hydrogen-bond acceptors (Lipinski definition) is 1. The van der Waals surface area contributed by atoms with Crippen LogP contribution in [-0.4, -0.2) is 36.9 Å². The molecule has 0 aliphatic rings. The minimum atomic E-state index is 0.127. The molecule has 2 heteroatoms. The van der Waals surface area contributed by atoms with Gasteiger partial charge >= 0.3 is 0 Å². The van der Waals surface area contributed by atoms with Gasteiger partial charge in [0.05, 0.1) is 26.7 Å². The van der Waals surface area contributed by atoms with Gasteiger partial charge in [-0.1, -0.05) is 73.6 Å². The van der Waals surface area contributed by atoms with Gasteiger partial charge in [-0.3, -0.25) is 4.79 Å². The zero-order valence-electron chi connectivity index (χ0n) is 21.9. The van der Waals surface area contributed by atoms with E-state index < -0.39 is 0 Å². The van der Waals surface area contributed by atoms with Crippen molar-refractivity contribution in [3.05, 3.63) is 41.5 Å². The normalized spacial score (nSPS) is 12.4. The highest BCUT2D eigenvalue weighted by atomic mass is 16.1. The van der Waals surface area contributed by atoms with Gasteiger partial charge in [-0.05, 0) is 62.8 Å². The van der Waals surface area contributed by atoms with Crippen LogP contribution in [0.4, 0.5) is 0 Å². The minimum absolute atomic E-state index is 0.127. The molecule has 0 aromatic heterocycles. The summed E-state index contributed by atoms with van der Waals surface area (Å²) < 4.78 is 1.08. The number of Topliss-reactive ketones (excluding diaryl/α,β-unsaturated/α-hetero) is 1. The third-order valence-electron chi connectivity index (χ3n) is 4.81. The van der Waals surface area contributed by atoms with Gasteiger partial charge in [-0.25, -0.2) is 0 Å². The molecule has 29 heavy (non-hydrogen) atoms. The smallest absolute Gasteiger partial charge is 0.159 e. The Morgan fingerprint density at radius 3 is 1.97 bits per heavy atom. The summed E-state index contributed by atoms with van der Waals surface area (Å²) >= 11 is 0. The number of ketones is 1. The number of carbonyl (C=O) groups is 1. The quantitative estimate of drug-likeness (QED) is 0.298. The lowest BCUT2D eigenvalue weighted by molar-refractivity contribution is -0.902. The fraction of sp³-hybridized carbons (Fsp3) is 0.667.